The van der Waals surface area contributed by atoms with Gasteiger partial charge in [-0.3, -0.25) is 48.1 Å². The molecule has 0 aliphatic carbocycles. The summed E-state index contributed by atoms with van der Waals surface area (Å²) in [5.74, 6) is -4.68. The molecule has 5 N–H and O–H groups in total. The second-order valence-corrected chi connectivity index (χ2v) is 15.2. The molecule has 1 aliphatic rings. The Balaban J connectivity index is 1.74. The third-order valence-corrected chi connectivity index (χ3v) is 10.2. The van der Waals surface area contributed by atoms with E-state index in [0.717, 1.165) is 41.0 Å². The lowest BCUT2D eigenvalue weighted by molar-refractivity contribution is -0.138. The zero-order valence-corrected chi connectivity index (χ0v) is 36.3. The number of nitrogens with zero attached hydrogens (tertiary/aromatic N) is 1. The average molecular weight is 875 g/mol. The molecule has 17 nitrogen and oxygen atoms in total. The number of imide groups is 1. The van der Waals surface area contributed by atoms with Crippen LogP contribution in [0.1, 0.15) is 81.8 Å². The lowest BCUT2D eigenvalue weighted by Gasteiger charge is -2.24. The Kier molecular flexibility index (Phi) is 23.8. The molecule has 3 rings (SSSR count). The van der Waals surface area contributed by atoms with Crippen molar-refractivity contribution in [3.63, 3.8) is 0 Å². The summed E-state index contributed by atoms with van der Waals surface area (Å²) in [7, 11) is 3.19. The third-order valence-electron chi connectivity index (χ3n) is 10.2. The fourth-order valence-electron chi connectivity index (χ4n) is 6.60. The molecule has 0 radical (unpaired) electrons. The number of amides is 7. The molecular weight excluding hydrogens is 813 g/mol. The fourth-order valence-corrected chi connectivity index (χ4v) is 6.60. The zero-order chi connectivity index (χ0) is 45.8. The van der Waals surface area contributed by atoms with Crippen molar-refractivity contribution in [3.05, 3.63) is 83.9 Å². The number of rotatable bonds is 32. The summed E-state index contributed by atoms with van der Waals surface area (Å²) in [6.07, 6.45) is 3.88. The molecule has 1 aliphatic heterocycles. The number of nitrogens with one attached hydrogen (secondary N) is 5. The van der Waals surface area contributed by atoms with E-state index in [9.17, 15) is 43.2 Å². The molecule has 0 spiro atoms. The highest BCUT2D eigenvalue weighted by molar-refractivity contribution is 6.13. The predicted molar refractivity (Wildman–Crippen MR) is 233 cm³/mol. The molecule has 7 amide bonds. The topological polar surface area (TPSA) is 235 Å². The van der Waals surface area contributed by atoms with Crippen LogP contribution in [0, 0.1) is 0 Å². The van der Waals surface area contributed by atoms with Gasteiger partial charge >= 0.3 is 0 Å². The van der Waals surface area contributed by atoms with Gasteiger partial charge in [-0.15, -0.1) is 0 Å². The molecule has 0 saturated heterocycles. The SMILES string of the molecule is COCCCCNC(=O)CCC(=O)C(Cc1ccccc1)NC(=O)CCC(NC(=O)CCN1C(=O)C=CC1=O)C(=O)NC(Cc1ccccc1)C(=O)CCC(=O)NCCCCOC. The Hall–Kier alpha value is -6.07. The van der Waals surface area contributed by atoms with Crippen molar-refractivity contribution < 1.29 is 52.6 Å². The zero-order valence-electron chi connectivity index (χ0n) is 36.3. The number of unbranched alkanes of at least 4 members (excludes halogenated alkanes) is 2. The standard InChI is InChI=1S/C46H62N6O11/c1-62-29-11-9-26-47-40(55)21-18-38(53)36(31-33-13-5-3-6-14-33)50-42(57)20-17-35(49-43(58)25-28-52-44(59)23-24-45(52)60)46(61)51-37(32-34-15-7-4-8-16-34)39(54)19-22-41(56)48-27-10-12-30-63-2/h3-8,13-16,23-24,35-37H,9-12,17-22,25-32H2,1-2H3,(H,47,55)(H,48,56)(H,49,58)(H,50,57)(H,51,61). The van der Waals surface area contributed by atoms with Gasteiger partial charge in [0.1, 0.15) is 6.04 Å². The molecule has 17 heteroatoms. The molecule has 0 saturated carbocycles. The van der Waals surface area contributed by atoms with Crippen LogP contribution in [0.3, 0.4) is 0 Å². The Labute approximate surface area is 368 Å². The van der Waals surface area contributed by atoms with Gasteiger partial charge in [0.2, 0.25) is 29.5 Å². The minimum absolute atomic E-state index is 0.0759. The molecule has 1 heterocycles. The lowest BCUT2D eigenvalue weighted by atomic mass is 9.98. The van der Waals surface area contributed by atoms with Crippen molar-refractivity contribution in [1.29, 1.82) is 0 Å². The molecule has 342 valence electrons. The molecule has 3 unspecified atom stereocenters. The van der Waals surface area contributed by atoms with Crippen LogP contribution in [-0.2, 0) is 65.5 Å². The number of methoxy groups -OCH3 is 2. The number of ketones is 2. The van der Waals surface area contributed by atoms with Crippen LogP contribution < -0.4 is 26.6 Å². The second kappa shape index (κ2) is 29.3. The van der Waals surface area contributed by atoms with Gasteiger partial charge in [-0.2, -0.15) is 0 Å². The predicted octanol–water partition coefficient (Wildman–Crippen LogP) is 1.81. The summed E-state index contributed by atoms with van der Waals surface area (Å²) >= 11 is 0. The monoisotopic (exact) mass is 874 g/mol. The number of hydrogen-bond donors (Lipinski definition) is 5. The first-order valence-corrected chi connectivity index (χ1v) is 21.5. The Morgan fingerprint density at radius 2 is 0.968 bits per heavy atom. The summed E-state index contributed by atoms with van der Waals surface area (Å²) in [4.78, 5) is 118. The highest BCUT2D eigenvalue weighted by Gasteiger charge is 2.30. The van der Waals surface area contributed by atoms with Crippen LogP contribution in [0.5, 0.6) is 0 Å². The minimum atomic E-state index is -1.37. The van der Waals surface area contributed by atoms with Crippen LogP contribution in [0.4, 0.5) is 0 Å². The molecule has 0 fully saturated rings. The molecule has 2 aromatic rings. The van der Waals surface area contributed by atoms with Crippen LogP contribution in [-0.4, -0.2) is 123 Å². The van der Waals surface area contributed by atoms with Crippen molar-refractivity contribution in [1.82, 2.24) is 31.5 Å². The number of carbonyl (C=O) groups excluding carboxylic acids is 9. The van der Waals surface area contributed by atoms with Crippen molar-refractivity contribution in [2.75, 3.05) is 47.1 Å². The van der Waals surface area contributed by atoms with Gasteiger partial charge in [0, 0.05) is 97.7 Å². The summed E-state index contributed by atoms with van der Waals surface area (Å²) < 4.78 is 10.0. The van der Waals surface area contributed by atoms with Gasteiger partial charge in [-0.25, -0.2) is 0 Å². The second-order valence-electron chi connectivity index (χ2n) is 15.2. The van der Waals surface area contributed by atoms with Crippen LogP contribution >= 0.6 is 0 Å². The number of hydrogen-bond acceptors (Lipinski definition) is 11. The van der Waals surface area contributed by atoms with E-state index in [4.69, 9.17) is 9.47 Å². The number of Topliss-reactive ketones (excluding diaryl/α,β-unsaturated/α-hetero) is 2. The average Bonchev–Trinajstić information content (AvgIpc) is 3.60. The van der Waals surface area contributed by atoms with Gasteiger partial charge in [-0.05, 0) is 56.1 Å². The number of carbonyl (C=O) groups is 9. The fraction of sp³-hybridized carbons (Fsp3) is 0.500. The maximum Gasteiger partial charge on any atom is 0.253 e. The van der Waals surface area contributed by atoms with Gasteiger partial charge in [-0.1, -0.05) is 60.7 Å². The van der Waals surface area contributed by atoms with E-state index < -0.39 is 53.4 Å². The Bertz CT molecular complexity index is 1840. The number of benzene rings is 2. The largest absolute Gasteiger partial charge is 0.385 e. The normalized spacial score (nSPS) is 13.5. The smallest absolute Gasteiger partial charge is 0.253 e. The van der Waals surface area contributed by atoms with Gasteiger partial charge < -0.3 is 36.1 Å². The highest BCUT2D eigenvalue weighted by Crippen LogP contribution is 2.12. The maximum absolute atomic E-state index is 14.0. The van der Waals surface area contributed by atoms with Crippen LogP contribution in [0.25, 0.3) is 0 Å². The van der Waals surface area contributed by atoms with E-state index in [0.29, 0.717) is 39.1 Å². The lowest BCUT2D eigenvalue weighted by Crippen LogP contribution is -2.53. The summed E-state index contributed by atoms with van der Waals surface area (Å²) in [6, 6.07) is 14.4. The van der Waals surface area contributed by atoms with Crippen LogP contribution in [0.2, 0.25) is 0 Å². The molecule has 63 heavy (non-hydrogen) atoms. The van der Waals surface area contributed by atoms with E-state index in [-0.39, 0.29) is 81.9 Å². The van der Waals surface area contributed by atoms with Crippen molar-refractivity contribution in [2.24, 2.45) is 0 Å². The van der Waals surface area contributed by atoms with E-state index in [1.165, 1.54) is 0 Å². The Morgan fingerprint density at radius 3 is 1.44 bits per heavy atom. The quantitative estimate of drug-likeness (QED) is 0.0525. The minimum Gasteiger partial charge on any atom is -0.385 e. The third kappa shape index (κ3) is 20.6. The Morgan fingerprint density at radius 1 is 0.524 bits per heavy atom. The molecule has 0 aromatic heterocycles. The van der Waals surface area contributed by atoms with Gasteiger partial charge in [0.25, 0.3) is 11.8 Å². The van der Waals surface area contributed by atoms with Crippen molar-refractivity contribution >= 4 is 52.9 Å². The molecule has 3 atom stereocenters. The van der Waals surface area contributed by atoms with E-state index >= 15 is 0 Å². The highest BCUT2D eigenvalue weighted by atomic mass is 16.5. The van der Waals surface area contributed by atoms with Crippen molar-refractivity contribution in [2.45, 2.75) is 102 Å². The summed E-state index contributed by atoms with van der Waals surface area (Å²) in [6.45, 7) is 1.72. The summed E-state index contributed by atoms with van der Waals surface area (Å²) in [5, 5.41) is 13.6. The first-order chi connectivity index (χ1) is 30.4. The summed E-state index contributed by atoms with van der Waals surface area (Å²) in [5.41, 5.74) is 1.49. The van der Waals surface area contributed by atoms with E-state index in [1.807, 2.05) is 6.07 Å². The van der Waals surface area contributed by atoms with Gasteiger partial charge in [0.15, 0.2) is 11.6 Å². The van der Waals surface area contributed by atoms with Crippen LogP contribution in [0.15, 0.2) is 72.8 Å². The molecule has 2 aromatic carbocycles. The first kappa shape index (κ1) is 51.3. The number of ether oxygens (including phenoxy) is 2. The molecular formula is C46H62N6O11. The first-order valence-electron chi connectivity index (χ1n) is 21.5. The van der Waals surface area contributed by atoms with E-state index in [2.05, 4.69) is 26.6 Å². The molecule has 0 bridgehead atoms. The van der Waals surface area contributed by atoms with Crippen molar-refractivity contribution in [3.8, 4) is 0 Å². The van der Waals surface area contributed by atoms with Gasteiger partial charge in [0.05, 0.1) is 12.1 Å². The maximum atomic E-state index is 14.0. The van der Waals surface area contributed by atoms with E-state index in [1.54, 1.807) is 68.8 Å².